The number of aromatic nitrogens is 5. The summed E-state index contributed by atoms with van der Waals surface area (Å²) in [6.45, 7) is 0. The number of hydrogen-bond acceptors (Lipinski definition) is 4. The summed E-state index contributed by atoms with van der Waals surface area (Å²) in [5, 5.41) is 9.96. The average Bonchev–Trinajstić information content (AvgIpc) is 4.02. The Hall–Kier alpha value is -7.41. The summed E-state index contributed by atoms with van der Waals surface area (Å²) in [4.78, 5) is 15.4. The van der Waals surface area contributed by atoms with Crippen LogP contribution in [0.5, 0.6) is 0 Å². The Kier molecular flexibility index (Phi) is 6.26. The maximum absolute atomic E-state index is 5.20. The second kappa shape index (κ2) is 11.6. The fourth-order valence-electron chi connectivity index (χ4n) is 9.26. The van der Waals surface area contributed by atoms with Crippen molar-refractivity contribution in [3.8, 4) is 39.9 Å². The molecule has 0 unspecified atom stereocenters. The van der Waals surface area contributed by atoms with Crippen LogP contribution in [0.3, 0.4) is 0 Å². The zero-order valence-corrected chi connectivity index (χ0v) is 31.2. The third-order valence-electron chi connectivity index (χ3n) is 11.7. The minimum absolute atomic E-state index is 0.653. The molecule has 6 heteroatoms. The summed E-state index contributed by atoms with van der Waals surface area (Å²) in [6, 6.07) is 62.8. The van der Waals surface area contributed by atoms with Crippen LogP contribution >= 0.6 is 11.3 Å². The Balaban J connectivity index is 1.13. The number of nitrogens with zero attached hydrogens (tertiary/aromatic N) is 5. The molecule has 0 saturated carbocycles. The minimum atomic E-state index is 0.653. The van der Waals surface area contributed by atoms with E-state index in [0.29, 0.717) is 17.5 Å². The molecule has 5 nitrogen and oxygen atoms in total. The largest absolute Gasteiger partial charge is 0.308 e. The van der Waals surface area contributed by atoms with Gasteiger partial charge >= 0.3 is 0 Å². The van der Waals surface area contributed by atoms with Gasteiger partial charge < -0.3 is 8.97 Å². The molecule has 0 aliphatic rings. The first-order chi connectivity index (χ1) is 28.3. The van der Waals surface area contributed by atoms with Gasteiger partial charge in [-0.25, -0.2) is 15.0 Å². The monoisotopic (exact) mass is 743 g/mol. The van der Waals surface area contributed by atoms with E-state index in [0.717, 1.165) is 27.8 Å². The topological polar surface area (TPSA) is 48.0 Å². The number of fused-ring (bicyclic) bond motifs is 12. The number of hydrogen-bond donors (Lipinski definition) is 0. The molecule has 8 aromatic carbocycles. The van der Waals surface area contributed by atoms with Crippen LogP contribution < -0.4 is 0 Å². The van der Waals surface area contributed by atoms with Gasteiger partial charge in [0.1, 0.15) is 0 Å². The van der Waals surface area contributed by atoms with Crippen LogP contribution in [-0.4, -0.2) is 23.9 Å². The number of para-hydroxylation sites is 3. The quantitative estimate of drug-likeness (QED) is 0.180. The molecule has 13 aromatic rings. The van der Waals surface area contributed by atoms with Gasteiger partial charge in [0.2, 0.25) is 0 Å². The van der Waals surface area contributed by atoms with Gasteiger partial charge in [0.05, 0.1) is 38.0 Å². The molecular formula is C51H29N5S. The van der Waals surface area contributed by atoms with E-state index in [1.54, 1.807) is 0 Å². The first-order valence-electron chi connectivity index (χ1n) is 19.2. The smallest absolute Gasteiger partial charge is 0.164 e. The maximum Gasteiger partial charge on any atom is 0.164 e. The average molecular weight is 744 g/mol. The van der Waals surface area contributed by atoms with Crippen LogP contribution in [0.25, 0.3) is 120 Å². The Labute approximate surface area is 329 Å². The van der Waals surface area contributed by atoms with Crippen molar-refractivity contribution < 1.29 is 0 Å². The van der Waals surface area contributed by atoms with Gasteiger partial charge in [-0.1, -0.05) is 133 Å². The number of thiophene rings is 1. The molecule has 5 aromatic heterocycles. The van der Waals surface area contributed by atoms with Crippen molar-refractivity contribution in [1.29, 1.82) is 0 Å². The fourth-order valence-corrected chi connectivity index (χ4v) is 10.5. The SMILES string of the molecule is c1ccc(-c2nc(-c3ccccc3)nc(-c3ccc(-n4c5ccccc5c5cc6c7cccc8c9ccccc9n(c6cc54)c87)c4sc5ccccc5c34)n2)cc1. The van der Waals surface area contributed by atoms with Crippen LogP contribution in [0.1, 0.15) is 0 Å². The summed E-state index contributed by atoms with van der Waals surface area (Å²) < 4.78 is 7.37. The van der Waals surface area contributed by atoms with Crippen molar-refractivity contribution in [2.45, 2.75) is 0 Å². The van der Waals surface area contributed by atoms with E-state index in [-0.39, 0.29) is 0 Å². The lowest BCUT2D eigenvalue weighted by atomic mass is 10.0. The van der Waals surface area contributed by atoms with Crippen molar-refractivity contribution >= 4 is 91.4 Å². The van der Waals surface area contributed by atoms with Crippen LogP contribution in [0.4, 0.5) is 0 Å². The van der Waals surface area contributed by atoms with Crippen LogP contribution in [0.2, 0.25) is 0 Å². The molecule has 0 aliphatic carbocycles. The fraction of sp³-hybridized carbons (Fsp3) is 0. The Morgan fingerprint density at radius 1 is 0.386 bits per heavy atom. The molecule has 57 heavy (non-hydrogen) atoms. The van der Waals surface area contributed by atoms with E-state index in [1.165, 1.54) is 74.7 Å². The summed E-state index contributed by atoms with van der Waals surface area (Å²) >= 11 is 1.83. The Morgan fingerprint density at radius 2 is 0.947 bits per heavy atom. The molecule has 0 bridgehead atoms. The predicted octanol–water partition coefficient (Wildman–Crippen LogP) is 13.5. The molecule has 0 fully saturated rings. The highest BCUT2D eigenvalue weighted by Crippen LogP contribution is 2.47. The Morgan fingerprint density at radius 3 is 1.68 bits per heavy atom. The van der Waals surface area contributed by atoms with Crippen molar-refractivity contribution in [1.82, 2.24) is 23.9 Å². The normalized spacial score (nSPS) is 12.2. The summed E-state index contributed by atoms with van der Waals surface area (Å²) in [5.74, 6) is 1.96. The standard InChI is InChI=1S/C51H29N5S/c1-3-14-30(15-4-1)49-52-50(31-16-5-2-6-17-31)54-51(53-49)37-26-27-42(48-46(37)36-20-9-12-25-45(36)57-48)55-40-23-10-8-19-33(40)38-28-39-35-22-13-21-34-32-18-7-11-24-41(32)56(47(34)35)44(39)29-43(38)55/h1-29H. The lowest BCUT2D eigenvalue weighted by Crippen LogP contribution is -2.01. The van der Waals surface area contributed by atoms with Gasteiger partial charge in [0, 0.05) is 64.5 Å². The van der Waals surface area contributed by atoms with E-state index in [9.17, 15) is 0 Å². The van der Waals surface area contributed by atoms with E-state index in [4.69, 9.17) is 15.0 Å². The summed E-state index contributed by atoms with van der Waals surface area (Å²) in [7, 11) is 0. The van der Waals surface area contributed by atoms with Gasteiger partial charge in [-0.15, -0.1) is 11.3 Å². The van der Waals surface area contributed by atoms with Gasteiger partial charge in [0.25, 0.3) is 0 Å². The third kappa shape index (κ3) is 4.30. The van der Waals surface area contributed by atoms with E-state index in [1.807, 2.05) is 47.7 Å². The third-order valence-corrected chi connectivity index (χ3v) is 12.9. The van der Waals surface area contributed by atoms with Crippen LogP contribution in [0, 0.1) is 0 Å². The maximum atomic E-state index is 5.20. The lowest BCUT2D eigenvalue weighted by molar-refractivity contribution is 1.08. The van der Waals surface area contributed by atoms with Crippen molar-refractivity contribution in [3.63, 3.8) is 0 Å². The van der Waals surface area contributed by atoms with Crippen molar-refractivity contribution in [2.75, 3.05) is 0 Å². The van der Waals surface area contributed by atoms with Crippen LogP contribution in [-0.2, 0) is 0 Å². The molecule has 0 amide bonds. The predicted molar refractivity (Wildman–Crippen MR) is 238 cm³/mol. The molecule has 0 spiro atoms. The van der Waals surface area contributed by atoms with Gasteiger partial charge in [-0.05, 0) is 42.5 Å². The second-order valence-electron chi connectivity index (χ2n) is 14.8. The molecule has 0 saturated heterocycles. The first kappa shape index (κ1) is 30.9. The van der Waals surface area contributed by atoms with Crippen molar-refractivity contribution in [2.24, 2.45) is 0 Å². The zero-order valence-electron chi connectivity index (χ0n) is 30.4. The van der Waals surface area contributed by atoms with Gasteiger partial charge in [-0.2, -0.15) is 0 Å². The molecule has 5 heterocycles. The molecule has 0 N–H and O–H groups in total. The highest BCUT2D eigenvalue weighted by molar-refractivity contribution is 7.26. The molecule has 0 radical (unpaired) electrons. The first-order valence-corrected chi connectivity index (χ1v) is 20.0. The van der Waals surface area contributed by atoms with Crippen LogP contribution in [0.15, 0.2) is 176 Å². The number of benzene rings is 8. The Bertz CT molecular complexity index is 3690. The second-order valence-corrected chi connectivity index (χ2v) is 15.8. The summed E-state index contributed by atoms with van der Waals surface area (Å²) in [5.41, 5.74) is 10.1. The molecule has 264 valence electrons. The summed E-state index contributed by atoms with van der Waals surface area (Å²) in [6.07, 6.45) is 0. The van der Waals surface area contributed by atoms with E-state index < -0.39 is 0 Å². The van der Waals surface area contributed by atoms with E-state index in [2.05, 4.69) is 148 Å². The number of rotatable bonds is 4. The zero-order chi connectivity index (χ0) is 37.2. The molecule has 13 rings (SSSR count). The lowest BCUT2D eigenvalue weighted by Gasteiger charge is -2.13. The van der Waals surface area contributed by atoms with E-state index >= 15 is 0 Å². The minimum Gasteiger partial charge on any atom is -0.308 e. The van der Waals surface area contributed by atoms with Gasteiger partial charge in [0.15, 0.2) is 17.5 Å². The van der Waals surface area contributed by atoms with Gasteiger partial charge in [-0.3, -0.25) is 0 Å². The highest BCUT2D eigenvalue weighted by atomic mass is 32.1. The highest BCUT2D eigenvalue weighted by Gasteiger charge is 2.24. The molecular weight excluding hydrogens is 715 g/mol. The van der Waals surface area contributed by atoms with Crippen molar-refractivity contribution in [3.05, 3.63) is 176 Å². The molecule has 0 atom stereocenters. The molecule has 0 aliphatic heterocycles.